The summed E-state index contributed by atoms with van der Waals surface area (Å²) in [4.78, 5) is 30.2. The number of carbonyl (C=O) groups excluding carboxylic acids is 2. The number of rotatable bonds is 9. The first-order chi connectivity index (χ1) is 18.0. The zero-order valence-corrected chi connectivity index (χ0v) is 21.6. The van der Waals surface area contributed by atoms with Crippen molar-refractivity contribution < 1.29 is 19.1 Å². The molecule has 37 heavy (non-hydrogen) atoms. The van der Waals surface area contributed by atoms with Gasteiger partial charge in [-0.2, -0.15) is 0 Å². The normalized spacial score (nSPS) is 16.0. The van der Waals surface area contributed by atoms with E-state index in [-0.39, 0.29) is 24.5 Å². The van der Waals surface area contributed by atoms with Gasteiger partial charge in [-0.25, -0.2) is 4.68 Å². The summed E-state index contributed by atoms with van der Waals surface area (Å²) in [6, 6.07) is 15.7. The number of aromatic nitrogens is 3. The van der Waals surface area contributed by atoms with Crippen LogP contribution >= 0.6 is 11.3 Å². The van der Waals surface area contributed by atoms with Gasteiger partial charge in [-0.1, -0.05) is 17.3 Å². The highest BCUT2D eigenvalue weighted by Gasteiger charge is 2.35. The van der Waals surface area contributed by atoms with Crippen molar-refractivity contribution in [2.24, 2.45) is 0 Å². The minimum Gasteiger partial charge on any atom is -0.497 e. The standard InChI is InChI=1S/C27H29N5O4S/c1-18-13-15-37-26(18)25(27(34)28-16-21-6-5-14-36-21)32(19-9-11-20(35-2)12-10-19)24(33)17-31-23-8-4-3-7-22(23)29-30-31/h3-4,7-13,15,21,25H,5-6,14,16-17H2,1-2H3,(H,28,34)/t21-,25-/m0/s1. The van der Waals surface area contributed by atoms with E-state index in [1.807, 2.05) is 42.6 Å². The smallest absolute Gasteiger partial charge is 0.249 e. The second-order valence-corrected chi connectivity index (χ2v) is 9.90. The second-order valence-electron chi connectivity index (χ2n) is 8.95. The van der Waals surface area contributed by atoms with Crippen LogP contribution in [0.3, 0.4) is 0 Å². The summed E-state index contributed by atoms with van der Waals surface area (Å²) in [6.45, 7) is 2.98. The number of amides is 2. The van der Waals surface area contributed by atoms with Crippen LogP contribution in [-0.4, -0.2) is 53.2 Å². The van der Waals surface area contributed by atoms with Gasteiger partial charge in [0.2, 0.25) is 11.8 Å². The van der Waals surface area contributed by atoms with E-state index in [9.17, 15) is 9.59 Å². The number of hydrogen-bond donors (Lipinski definition) is 1. The predicted molar refractivity (Wildman–Crippen MR) is 142 cm³/mol. The van der Waals surface area contributed by atoms with Crippen molar-refractivity contribution in [1.29, 1.82) is 0 Å². The molecule has 0 saturated carbocycles. The molecule has 2 atom stereocenters. The maximum Gasteiger partial charge on any atom is 0.249 e. The lowest BCUT2D eigenvalue weighted by Gasteiger charge is -2.31. The number of nitrogens with one attached hydrogen (secondary N) is 1. The number of hydrogen-bond acceptors (Lipinski definition) is 7. The first kappa shape index (κ1) is 24.9. The van der Waals surface area contributed by atoms with E-state index in [1.54, 1.807) is 41.0 Å². The molecule has 0 spiro atoms. The van der Waals surface area contributed by atoms with Crippen molar-refractivity contribution in [3.05, 3.63) is 70.4 Å². The van der Waals surface area contributed by atoms with E-state index in [0.29, 0.717) is 30.1 Å². The average molecular weight is 520 g/mol. The number of fused-ring (bicyclic) bond motifs is 1. The number of para-hydroxylation sites is 1. The molecule has 0 aliphatic carbocycles. The van der Waals surface area contributed by atoms with Crippen LogP contribution in [0.4, 0.5) is 5.69 Å². The summed E-state index contributed by atoms with van der Waals surface area (Å²) in [5.41, 5.74) is 2.98. The lowest BCUT2D eigenvalue weighted by atomic mass is 10.1. The quantitative estimate of drug-likeness (QED) is 0.360. The first-order valence-corrected chi connectivity index (χ1v) is 13.1. The van der Waals surface area contributed by atoms with Crippen molar-refractivity contribution in [3.63, 3.8) is 0 Å². The largest absolute Gasteiger partial charge is 0.497 e. The summed E-state index contributed by atoms with van der Waals surface area (Å²) in [5, 5.41) is 13.4. The third-order valence-corrected chi connectivity index (χ3v) is 7.58. The summed E-state index contributed by atoms with van der Waals surface area (Å²) in [6.07, 6.45) is 1.88. The lowest BCUT2D eigenvalue weighted by molar-refractivity contribution is -0.127. The molecule has 2 amide bonds. The SMILES string of the molecule is COc1ccc(N(C(=O)Cn2nnc3ccccc32)[C@H](C(=O)NC[C@@H]2CCCO2)c2sccc2C)cc1. The second kappa shape index (κ2) is 11.1. The van der Waals surface area contributed by atoms with Crippen LogP contribution in [0, 0.1) is 6.92 Å². The predicted octanol–water partition coefficient (Wildman–Crippen LogP) is 3.88. The highest BCUT2D eigenvalue weighted by atomic mass is 32.1. The molecule has 0 radical (unpaired) electrons. The molecular formula is C27H29N5O4S. The molecule has 1 saturated heterocycles. The number of benzene rings is 2. The number of thiophene rings is 1. The number of aryl methyl sites for hydroxylation is 1. The molecule has 3 heterocycles. The maximum absolute atomic E-state index is 14.0. The third-order valence-electron chi connectivity index (χ3n) is 6.51. The Morgan fingerprint density at radius 3 is 2.73 bits per heavy atom. The summed E-state index contributed by atoms with van der Waals surface area (Å²) in [5.74, 6) is 0.115. The first-order valence-electron chi connectivity index (χ1n) is 12.2. The number of carbonyl (C=O) groups is 2. The summed E-state index contributed by atoms with van der Waals surface area (Å²) < 4.78 is 12.6. The highest BCUT2D eigenvalue weighted by Crippen LogP contribution is 2.34. The molecule has 10 heteroatoms. The van der Waals surface area contributed by atoms with Crippen molar-refractivity contribution in [2.75, 3.05) is 25.2 Å². The molecule has 1 N–H and O–H groups in total. The fraction of sp³-hybridized carbons (Fsp3) is 0.333. The molecule has 1 aliphatic rings. The Bertz CT molecular complexity index is 1380. The minimum absolute atomic E-state index is 0.0133. The Morgan fingerprint density at radius 1 is 1.22 bits per heavy atom. The van der Waals surface area contributed by atoms with E-state index in [4.69, 9.17) is 9.47 Å². The number of ether oxygens (including phenoxy) is 2. The van der Waals surface area contributed by atoms with Crippen molar-refractivity contribution in [1.82, 2.24) is 20.3 Å². The third kappa shape index (κ3) is 5.35. The van der Waals surface area contributed by atoms with E-state index in [1.165, 1.54) is 11.3 Å². The van der Waals surface area contributed by atoms with Gasteiger partial charge >= 0.3 is 0 Å². The molecule has 1 aliphatic heterocycles. The van der Waals surface area contributed by atoms with Gasteiger partial charge in [0.25, 0.3) is 0 Å². The van der Waals surface area contributed by atoms with Gasteiger partial charge in [0, 0.05) is 23.7 Å². The average Bonchev–Trinajstić information content (AvgIpc) is 3.68. The van der Waals surface area contributed by atoms with Crippen molar-refractivity contribution >= 4 is 39.9 Å². The van der Waals surface area contributed by atoms with E-state index in [0.717, 1.165) is 28.8 Å². The van der Waals surface area contributed by atoms with Gasteiger partial charge in [0.05, 0.1) is 18.7 Å². The van der Waals surface area contributed by atoms with Crippen LogP contribution in [0.25, 0.3) is 11.0 Å². The number of methoxy groups -OCH3 is 1. The molecule has 9 nitrogen and oxygen atoms in total. The topological polar surface area (TPSA) is 98.6 Å². The van der Waals surface area contributed by atoms with Crippen LogP contribution in [0.5, 0.6) is 5.75 Å². The molecule has 1 fully saturated rings. The number of anilines is 1. The van der Waals surface area contributed by atoms with Gasteiger partial charge in [-0.15, -0.1) is 16.4 Å². The Balaban J connectivity index is 1.52. The fourth-order valence-corrected chi connectivity index (χ4v) is 5.57. The highest BCUT2D eigenvalue weighted by molar-refractivity contribution is 7.10. The Labute approximate surface area is 219 Å². The molecule has 4 aromatic rings. The van der Waals surface area contributed by atoms with Gasteiger partial charge in [-0.05, 0) is 73.2 Å². The monoisotopic (exact) mass is 519 g/mol. The van der Waals surface area contributed by atoms with Crippen molar-refractivity contribution in [2.45, 2.75) is 38.5 Å². The Kier molecular flexibility index (Phi) is 7.47. The van der Waals surface area contributed by atoms with Gasteiger partial charge in [-0.3, -0.25) is 14.5 Å². The Hall–Kier alpha value is -3.76. The van der Waals surface area contributed by atoms with Gasteiger partial charge < -0.3 is 14.8 Å². The van der Waals surface area contributed by atoms with E-state index >= 15 is 0 Å². The minimum atomic E-state index is -0.864. The van der Waals surface area contributed by atoms with E-state index in [2.05, 4.69) is 15.6 Å². The van der Waals surface area contributed by atoms with Crippen LogP contribution < -0.4 is 15.0 Å². The molecule has 5 rings (SSSR count). The van der Waals surface area contributed by atoms with Crippen LogP contribution in [0.15, 0.2) is 60.0 Å². The van der Waals surface area contributed by atoms with Gasteiger partial charge in [0.15, 0.2) is 0 Å². The lowest BCUT2D eigenvalue weighted by Crippen LogP contribution is -2.46. The Morgan fingerprint density at radius 2 is 2.03 bits per heavy atom. The molecule has 0 bridgehead atoms. The zero-order chi connectivity index (χ0) is 25.8. The molecule has 0 unspecified atom stereocenters. The molecule has 192 valence electrons. The zero-order valence-electron chi connectivity index (χ0n) is 20.8. The van der Waals surface area contributed by atoms with Crippen LogP contribution in [0.1, 0.15) is 29.3 Å². The molecule has 2 aromatic carbocycles. The molecule has 2 aromatic heterocycles. The summed E-state index contributed by atoms with van der Waals surface area (Å²) >= 11 is 1.46. The number of nitrogens with zero attached hydrogens (tertiary/aromatic N) is 4. The fourth-order valence-electron chi connectivity index (χ4n) is 4.55. The van der Waals surface area contributed by atoms with E-state index < -0.39 is 6.04 Å². The molecular weight excluding hydrogens is 490 g/mol. The van der Waals surface area contributed by atoms with Crippen LogP contribution in [0.2, 0.25) is 0 Å². The summed E-state index contributed by atoms with van der Waals surface area (Å²) in [7, 11) is 1.59. The maximum atomic E-state index is 14.0. The van der Waals surface area contributed by atoms with Gasteiger partial charge in [0.1, 0.15) is 23.9 Å². The van der Waals surface area contributed by atoms with Crippen LogP contribution in [-0.2, 0) is 20.9 Å². The van der Waals surface area contributed by atoms with Crippen molar-refractivity contribution in [3.8, 4) is 5.75 Å².